The van der Waals surface area contributed by atoms with Crippen molar-refractivity contribution in [1.82, 2.24) is 4.98 Å². The molecule has 0 N–H and O–H groups in total. The van der Waals surface area contributed by atoms with E-state index in [4.69, 9.17) is 0 Å². The summed E-state index contributed by atoms with van der Waals surface area (Å²) in [7, 11) is 0. The average molecular weight is 283 g/mol. The minimum atomic E-state index is 0.592. The third-order valence-electron chi connectivity index (χ3n) is 3.47. The number of piperidine rings is 1. The Balaban J connectivity index is 2.27. The Bertz CT molecular complexity index is 378. The van der Waals surface area contributed by atoms with E-state index >= 15 is 0 Å². The number of aromatic nitrogens is 1. The molecular formula is C13H19BrN2. The van der Waals surface area contributed by atoms with Gasteiger partial charge in [0.15, 0.2) is 0 Å². The maximum absolute atomic E-state index is 4.52. The van der Waals surface area contributed by atoms with Gasteiger partial charge >= 0.3 is 0 Å². The second kappa shape index (κ2) is 4.74. The molecule has 0 spiro atoms. The predicted molar refractivity (Wildman–Crippen MR) is 71.9 cm³/mol. The Labute approximate surface area is 106 Å². The quantitative estimate of drug-likeness (QED) is 0.779. The van der Waals surface area contributed by atoms with Crippen LogP contribution >= 0.6 is 15.9 Å². The lowest BCUT2D eigenvalue weighted by atomic mass is 9.93. The smallest absolute Gasteiger partial charge is 0.143 e. The van der Waals surface area contributed by atoms with Crippen LogP contribution in [0, 0.1) is 12.8 Å². The van der Waals surface area contributed by atoms with Crippen molar-refractivity contribution in [2.24, 2.45) is 5.92 Å². The number of halogens is 1. The van der Waals surface area contributed by atoms with Crippen molar-refractivity contribution in [3.63, 3.8) is 0 Å². The van der Waals surface area contributed by atoms with Crippen molar-refractivity contribution in [2.45, 2.75) is 39.7 Å². The molecule has 1 fully saturated rings. The van der Waals surface area contributed by atoms with Gasteiger partial charge in [0, 0.05) is 18.8 Å². The maximum atomic E-state index is 4.52. The molecule has 0 amide bonds. The Morgan fingerprint density at radius 3 is 2.88 bits per heavy atom. The highest BCUT2D eigenvalue weighted by atomic mass is 79.9. The summed E-state index contributed by atoms with van der Waals surface area (Å²) in [5.41, 5.74) is 1.26. The topological polar surface area (TPSA) is 16.1 Å². The lowest BCUT2D eigenvalue weighted by Crippen LogP contribution is -2.41. The van der Waals surface area contributed by atoms with E-state index in [1.807, 2.05) is 12.3 Å². The van der Waals surface area contributed by atoms with E-state index in [1.54, 1.807) is 0 Å². The minimum Gasteiger partial charge on any atom is -0.353 e. The largest absolute Gasteiger partial charge is 0.353 e. The van der Waals surface area contributed by atoms with Gasteiger partial charge in [-0.1, -0.05) is 6.92 Å². The zero-order valence-corrected chi connectivity index (χ0v) is 11.8. The van der Waals surface area contributed by atoms with Crippen molar-refractivity contribution >= 4 is 21.7 Å². The molecule has 0 bridgehead atoms. The molecule has 16 heavy (non-hydrogen) atoms. The minimum absolute atomic E-state index is 0.592. The Hall–Kier alpha value is -0.570. The molecule has 2 nitrogen and oxygen atoms in total. The third-order valence-corrected chi connectivity index (χ3v) is 4.45. The van der Waals surface area contributed by atoms with Gasteiger partial charge in [-0.2, -0.15) is 0 Å². The summed E-state index contributed by atoms with van der Waals surface area (Å²) in [6.07, 6.45) is 4.44. The van der Waals surface area contributed by atoms with E-state index < -0.39 is 0 Å². The van der Waals surface area contributed by atoms with E-state index in [0.717, 1.165) is 22.8 Å². The number of hydrogen-bond acceptors (Lipinski definition) is 2. The predicted octanol–water partition coefficient (Wildman–Crippen LogP) is 3.78. The third kappa shape index (κ3) is 2.24. The molecule has 0 aromatic carbocycles. The molecule has 2 heterocycles. The van der Waals surface area contributed by atoms with Crippen LogP contribution in [0.3, 0.4) is 0 Å². The second-order valence-corrected chi connectivity index (χ2v) is 5.73. The molecule has 2 atom stereocenters. The van der Waals surface area contributed by atoms with Gasteiger partial charge in [0.05, 0.1) is 4.47 Å². The fourth-order valence-electron chi connectivity index (χ4n) is 2.45. The summed E-state index contributed by atoms with van der Waals surface area (Å²) in [5.74, 6) is 1.95. The van der Waals surface area contributed by atoms with E-state index in [0.29, 0.717) is 6.04 Å². The van der Waals surface area contributed by atoms with Gasteiger partial charge < -0.3 is 4.90 Å². The van der Waals surface area contributed by atoms with Crippen LogP contribution in [-0.2, 0) is 0 Å². The van der Waals surface area contributed by atoms with Crippen LogP contribution in [0.4, 0.5) is 5.82 Å². The SMILES string of the molecule is Cc1ccnc(N2CCC(C)CC2C)c1Br. The summed E-state index contributed by atoms with van der Waals surface area (Å²) in [5, 5.41) is 0. The van der Waals surface area contributed by atoms with E-state index in [9.17, 15) is 0 Å². The van der Waals surface area contributed by atoms with Crippen LogP contribution in [0.25, 0.3) is 0 Å². The van der Waals surface area contributed by atoms with Crippen molar-refractivity contribution in [3.05, 3.63) is 22.3 Å². The van der Waals surface area contributed by atoms with Crippen molar-refractivity contribution < 1.29 is 0 Å². The number of anilines is 1. The number of nitrogens with zero attached hydrogens (tertiary/aromatic N) is 2. The van der Waals surface area contributed by atoms with Crippen molar-refractivity contribution in [2.75, 3.05) is 11.4 Å². The van der Waals surface area contributed by atoms with E-state index in [1.165, 1.54) is 18.4 Å². The molecule has 0 saturated carbocycles. The average Bonchev–Trinajstić information content (AvgIpc) is 2.23. The van der Waals surface area contributed by atoms with Crippen molar-refractivity contribution in [3.8, 4) is 0 Å². The zero-order chi connectivity index (χ0) is 11.7. The molecule has 3 heteroatoms. The van der Waals surface area contributed by atoms with Gasteiger partial charge in [-0.15, -0.1) is 0 Å². The van der Waals surface area contributed by atoms with Gasteiger partial charge in [0.25, 0.3) is 0 Å². The number of aryl methyl sites for hydroxylation is 1. The monoisotopic (exact) mass is 282 g/mol. The molecular weight excluding hydrogens is 264 g/mol. The summed E-state index contributed by atoms with van der Waals surface area (Å²) in [6, 6.07) is 2.64. The molecule has 1 aliphatic rings. The van der Waals surface area contributed by atoms with Gasteiger partial charge in [-0.05, 0) is 60.2 Å². The number of rotatable bonds is 1. The van der Waals surface area contributed by atoms with Gasteiger partial charge in [0.1, 0.15) is 5.82 Å². The van der Waals surface area contributed by atoms with E-state index in [2.05, 4.69) is 46.6 Å². The summed E-state index contributed by atoms with van der Waals surface area (Å²) >= 11 is 3.65. The summed E-state index contributed by atoms with van der Waals surface area (Å²) < 4.78 is 1.15. The first kappa shape index (κ1) is 11.9. The van der Waals surface area contributed by atoms with Crippen LogP contribution in [0.2, 0.25) is 0 Å². The molecule has 88 valence electrons. The molecule has 1 aliphatic heterocycles. The molecule has 2 rings (SSSR count). The first-order chi connectivity index (χ1) is 7.59. The Morgan fingerprint density at radius 2 is 2.19 bits per heavy atom. The summed E-state index contributed by atoms with van der Waals surface area (Å²) in [6.45, 7) is 7.88. The lowest BCUT2D eigenvalue weighted by Gasteiger charge is -2.38. The zero-order valence-electron chi connectivity index (χ0n) is 10.2. The molecule has 0 radical (unpaired) electrons. The molecule has 1 saturated heterocycles. The van der Waals surface area contributed by atoms with Crippen LogP contribution in [0.1, 0.15) is 32.3 Å². The second-order valence-electron chi connectivity index (χ2n) is 4.94. The molecule has 1 aromatic rings. The molecule has 0 aliphatic carbocycles. The number of hydrogen-bond donors (Lipinski definition) is 0. The number of pyridine rings is 1. The van der Waals surface area contributed by atoms with Crippen LogP contribution in [0.15, 0.2) is 16.7 Å². The standard InChI is InChI=1S/C13H19BrN2/c1-9-5-7-16(11(3)8-9)13-12(14)10(2)4-6-15-13/h4,6,9,11H,5,7-8H2,1-3H3. The van der Waals surface area contributed by atoms with E-state index in [-0.39, 0.29) is 0 Å². The first-order valence-electron chi connectivity index (χ1n) is 5.97. The van der Waals surface area contributed by atoms with Gasteiger partial charge in [-0.25, -0.2) is 4.98 Å². The van der Waals surface area contributed by atoms with Crippen LogP contribution in [-0.4, -0.2) is 17.6 Å². The highest BCUT2D eigenvalue weighted by Gasteiger charge is 2.25. The van der Waals surface area contributed by atoms with Crippen molar-refractivity contribution in [1.29, 1.82) is 0 Å². The normalized spacial score (nSPS) is 25.9. The van der Waals surface area contributed by atoms with Gasteiger partial charge in [0.2, 0.25) is 0 Å². The van der Waals surface area contributed by atoms with Crippen LogP contribution < -0.4 is 4.90 Å². The fraction of sp³-hybridized carbons (Fsp3) is 0.615. The fourth-order valence-corrected chi connectivity index (χ4v) is 2.91. The Morgan fingerprint density at radius 1 is 1.44 bits per heavy atom. The Kier molecular flexibility index (Phi) is 3.53. The lowest BCUT2D eigenvalue weighted by molar-refractivity contribution is 0.375. The highest BCUT2D eigenvalue weighted by molar-refractivity contribution is 9.10. The highest BCUT2D eigenvalue weighted by Crippen LogP contribution is 2.32. The summed E-state index contributed by atoms with van der Waals surface area (Å²) in [4.78, 5) is 6.94. The first-order valence-corrected chi connectivity index (χ1v) is 6.76. The maximum Gasteiger partial charge on any atom is 0.143 e. The van der Waals surface area contributed by atoms with Gasteiger partial charge in [-0.3, -0.25) is 0 Å². The molecule has 2 unspecified atom stereocenters. The van der Waals surface area contributed by atoms with Crippen LogP contribution in [0.5, 0.6) is 0 Å². The molecule has 1 aromatic heterocycles.